The molecule has 1 saturated heterocycles. The van der Waals surface area contributed by atoms with Gasteiger partial charge in [0.2, 0.25) is 0 Å². The van der Waals surface area contributed by atoms with E-state index < -0.39 is 24.4 Å². The summed E-state index contributed by atoms with van der Waals surface area (Å²) in [6.07, 6.45) is -1.65. The van der Waals surface area contributed by atoms with Crippen molar-refractivity contribution in [1.29, 1.82) is 0 Å². The van der Waals surface area contributed by atoms with Crippen molar-refractivity contribution < 1.29 is 20.1 Å². The SMILES string of the molecule is N[C@H]1CO[C@H](CNCCCO)[C@@H](O)[C@@H]1O. The van der Waals surface area contributed by atoms with Crippen LogP contribution in [-0.4, -0.2) is 66.0 Å². The largest absolute Gasteiger partial charge is 0.396 e. The van der Waals surface area contributed by atoms with E-state index in [4.69, 9.17) is 15.6 Å². The summed E-state index contributed by atoms with van der Waals surface area (Å²) in [5, 5.41) is 30.7. The standard InChI is InChI=1S/C9H20N2O4/c10-6-5-15-7(9(14)8(6)13)4-11-2-1-3-12/h6-9,11-14H,1-5,10H2/t6-,7+,8+,9+/m0/s1. The number of nitrogens with two attached hydrogens (primary N) is 1. The number of hydrogen-bond donors (Lipinski definition) is 5. The Morgan fingerprint density at radius 2 is 2.07 bits per heavy atom. The quantitative estimate of drug-likeness (QED) is 0.325. The van der Waals surface area contributed by atoms with Crippen LogP contribution in [0.4, 0.5) is 0 Å². The number of aliphatic hydroxyl groups excluding tert-OH is 3. The maximum atomic E-state index is 9.62. The van der Waals surface area contributed by atoms with E-state index >= 15 is 0 Å². The van der Waals surface area contributed by atoms with Crippen molar-refractivity contribution in [1.82, 2.24) is 5.32 Å². The Bertz CT molecular complexity index is 181. The van der Waals surface area contributed by atoms with Gasteiger partial charge >= 0.3 is 0 Å². The Hall–Kier alpha value is -0.240. The van der Waals surface area contributed by atoms with Crippen LogP contribution in [0.5, 0.6) is 0 Å². The predicted octanol–water partition coefficient (Wildman–Crippen LogP) is -2.59. The Morgan fingerprint density at radius 3 is 2.73 bits per heavy atom. The fraction of sp³-hybridized carbons (Fsp3) is 1.00. The highest BCUT2D eigenvalue weighted by Crippen LogP contribution is 2.13. The van der Waals surface area contributed by atoms with Crippen LogP contribution in [0.15, 0.2) is 0 Å². The number of nitrogens with one attached hydrogen (secondary N) is 1. The molecule has 0 amide bonds. The van der Waals surface area contributed by atoms with Gasteiger partial charge in [0.25, 0.3) is 0 Å². The highest BCUT2D eigenvalue weighted by Gasteiger charge is 2.35. The number of hydrogen-bond acceptors (Lipinski definition) is 6. The molecule has 0 aromatic heterocycles. The minimum absolute atomic E-state index is 0.134. The van der Waals surface area contributed by atoms with Crippen LogP contribution >= 0.6 is 0 Å². The lowest BCUT2D eigenvalue weighted by atomic mass is 9.99. The van der Waals surface area contributed by atoms with Crippen molar-refractivity contribution in [3.63, 3.8) is 0 Å². The summed E-state index contributed by atoms with van der Waals surface area (Å²) in [6.45, 7) is 1.50. The van der Waals surface area contributed by atoms with Gasteiger partial charge in [-0.2, -0.15) is 0 Å². The van der Waals surface area contributed by atoms with E-state index in [2.05, 4.69) is 5.32 Å². The zero-order chi connectivity index (χ0) is 11.3. The third-order valence-electron chi connectivity index (χ3n) is 2.53. The zero-order valence-corrected chi connectivity index (χ0v) is 8.67. The van der Waals surface area contributed by atoms with Gasteiger partial charge in [0.15, 0.2) is 0 Å². The minimum Gasteiger partial charge on any atom is -0.396 e. The van der Waals surface area contributed by atoms with Gasteiger partial charge in [-0.05, 0) is 13.0 Å². The third-order valence-corrected chi connectivity index (χ3v) is 2.53. The van der Waals surface area contributed by atoms with E-state index in [0.29, 0.717) is 19.5 Å². The summed E-state index contributed by atoms with van der Waals surface area (Å²) in [6, 6.07) is -0.520. The van der Waals surface area contributed by atoms with Crippen LogP contribution in [0.3, 0.4) is 0 Å². The molecule has 15 heavy (non-hydrogen) atoms. The molecule has 1 aliphatic heterocycles. The summed E-state index contributed by atoms with van der Waals surface area (Å²) in [5.74, 6) is 0. The van der Waals surface area contributed by atoms with Crippen LogP contribution in [0.1, 0.15) is 6.42 Å². The molecule has 0 spiro atoms. The predicted molar refractivity (Wildman–Crippen MR) is 54.3 cm³/mol. The molecule has 4 atom stereocenters. The second kappa shape index (κ2) is 6.37. The first-order valence-corrected chi connectivity index (χ1v) is 5.21. The molecular formula is C9H20N2O4. The molecule has 6 heteroatoms. The van der Waals surface area contributed by atoms with Crippen LogP contribution in [0.2, 0.25) is 0 Å². The summed E-state index contributed by atoms with van der Waals surface area (Å²) < 4.78 is 5.29. The highest BCUT2D eigenvalue weighted by atomic mass is 16.5. The summed E-state index contributed by atoms with van der Waals surface area (Å²) in [4.78, 5) is 0. The number of aliphatic hydroxyl groups is 3. The van der Waals surface area contributed by atoms with Gasteiger partial charge in [0, 0.05) is 13.2 Å². The van der Waals surface area contributed by atoms with Crippen molar-refractivity contribution in [3.05, 3.63) is 0 Å². The maximum Gasteiger partial charge on any atom is 0.109 e. The molecule has 0 bridgehead atoms. The first-order valence-electron chi connectivity index (χ1n) is 5.21. The smallest absolute Gasteiger partial charge is 0.109 e. The average Bonchev–Trinajstić information content (AvgIpc) is 2.24. The topological polar surface area (TPSA) is 108 Å². The van der Waals surface area contributed by atoms with Gasteiger partial charge < -0.3 is 31.1 Å². The van der Waals surface area contributed by atoms with Crippen LogP contribution in [0, 0.1) is 0 Å². The van der Waals surface area contributed by atoms with Gasteiger partial charge in [-0.25, -0.2) is 0 Å². The molecule has 1 heterocycles. The second-order valence-electron chi connectivity index (χ2n) is 3.80. The van der Waals surface area contributed by atoms with Gasteiger partial charge in [0.05, 0.1) is 24.9 Å². The fourth-order valence-electron chi connectivity index (χ4n) is 1.53. The summed E-state index contributed by atoms with van der Waals surface area (Å²) in [7, 11) is 0. The molecule has 1 aliphatic rings. The van der Waals surface area contributed by atoms with Crippen molar-refractivity contribution in [2.45, 2.75) is 30.8 Å². The molecular weight excluding hydrogens is 200 g/mol. The zero-order valence-electron chi connectivity index (χ0n) is 8.67. The Morgan fingerprint density at radius 1 is 1.33 bits per heavy atom. The molecule has 0 aliphatic carbocycles. The molecule has 1 rings (SSSR count). The third kappa shape index (κ3) is 3.67. The lowest BCUT2D eigenvalue weighted by Gasteiger charge is -2.36. The monoisotopic (exact) mass is 220 g/mol. The first-order chi connectivity index (χ1) is 7.16. The molecule has 6 nitrogen and oxygen atoms in total. The average molecular weight is 220 g/mol. The molecule has 6 N–H and O–H groups in total. The summed E-state index contributed by atoms with van der Waals surface area (Å²) in [5.41, 5.74) is 5.52. The van der Waals surface area contributed by atoms with E-state index in [1.54, 1.807) is 0 Å². The van der Waals surface area contributed by atoms with Crippen LogP contribution in [-0.2, 0) is 4.74 Å². The second-order valence-corrected chi connectivity index (χ2v) is 3.80. The van der Waals surface area contributed by atoms with E-state index in [9.17, 15) is 10.2 Å². The molecule has 90 valence electrons. The van der Waals surface area contributed by atoms with Crippen LogP contribution in [0.25, 0.3) is 0 Å². The van der Waals surface area contributed by atoms with Gasteiger partial charge in [-0.3, -0.25) is 0 Å². The lowest BCUT2D eigenvalue weighted by Crippen LogP contribution is -2.58. The van der Waals surface area contributed by atoms with Crippen molar-refractivity contribution >= 4 is 0 Å². The van der Waals surface area contributed by atoms with Crippen molar-refractivity contribution in [3.8, 4) is 0 Å². The van der Waals surface area contributed by atoms with E-state index in [1.807, 2.05) is 0 Å². The van der Waals surface area contributed by atoms with Crippen LogP contribution < -0.4 is 11.1 Å². The molecule has 0 radical (unpaired) electrons. The Balaban J connectivity index is 2.23. The van der Waals surface area contributed by atoms with Gasteiger partial charge in [-0.15, -0.1) is 0 Å². The normalized spacial score (nSPS) is 36.8. The molecule has 0 unspecified atom stereocenters. The fourth-order valence-corrected chi connectivity index (χ4v) is 1.53. The highest BCUT2D eigenvalue weighted by molar-refractivity contribution is 4.89. The Labute approximate surface area is 89.0 Å². The molecule has 0 aromatic rings. The van der Waals surface area contributed by atoms with E-state index in [-0.39, 0.29) is 13.2 Å². The summed E-state index contributed by atoms with van der Waals surface area (Å²) >= 11 is 0. The van der Waals surface area contributed by atoms with Gasteiger partial charge in [0.1, 0.15) is 6.10 Å². The first kappa shape index (κ1) is 12.8. The molecule has 1 fully saturated rings. The lowest BCUT2D eigenvalue weighted by molar-refractivity contribution is -0.142. The van der Waals surface area contributed by atoms with Crippen molar-refractivity contribution in [2.24, 2.45) is 5.73 Å². The molecule has 0 saturated carbocycles. The maximum absolute atomic E-state index is 9.62. The van der Waals surface area contributed by atoms with E-state index in [1.165, 1.54) is 0 Å². The van der Waals surface area contributed by atoms with Crippen molar-refractivity contribution in [2.75, 3.05) is 26.3 Å². The van der Waals surface area contributed by atoms with E-state index in [0.717, 1.165) is 0 Å². The number of rotatable bonds is 5. The molecule has 0 aromatic carbocycles. The Kier molecular flexibility index (Phi) is 5.44. The van der Waals surface area contributed by atoms with Gasteiger partial charge in [-0.1, -0.05) is 0 Å². The minimum atomic E-state index is -0.949. The number of ether oxygens (including phenoxy) is 1.